The van der Waals surface area contributed by atoms with E-state index in [2.05, 4.69) is 0 Å². The van der Waals surface area contributed by atoms with Gasteiger partial charge in [-0.15, -0.1) is 0 Å². The van der Waals surface area contributed by atoms with Gasteiger partial charge in [-0.05, 0) is 37.4 Å². The monoisotopic (exact) mass is 478 g/mol. The molecule has 0 radical (unpaired) electrons. The quantitative estimate of drug-likeness (QED) is 0.413. The van der Waals surface area contributed by atoms with Crippen molar-refractivity contribution in [3.05, 3.63) is 29.8 Å². The van der Waals surface area contributed by atoms with E-state index in [0.717, 1.165) is 6.07 Å². The summed E-state index contributed by atoms with van der Waals surface area (Å²) in [6, 6.07) is 4.80. The normalized spacial score (nSPS) is 16.5. The van der Waals surface area contributed by atoms with Crippen LogP contribution in [0.2, 0.25) is 0 Å². The third-order valence-corrected chi connectivity index (χ3v) is 7.39. The zero-order chi connectivity index (χ0) is 22.7. The van der Waals surface area contributed by atoms with Crippen molar-refractivity contribution >= 4 is 53.0 Å². The molecule has 0 aliphatic carbocycles. The molecule has 3 N–H and O–H groups in total. The standard InChI is InChI=1S/C17H19NO9S3/c1-17(2)10-18(6-3-7-28(19,20)21)14-5-4-12-13(16(14)17)8-11(29(22,23)24)9-15(12)30(25,26)27/h4-5,8-10H,3,6-7H2,1-2H3,(H2-,19,20,21,22,23,24,25,26,27)/p+1. The maximum Gasteiger partial charge on any atom is 0.295 e. The minimum absolute atomic E-state index is 0.0740. The van der Waals surface area contributed by atoms with Gasteiger partial charge < -0.3 is 0 Å². The third-order valence-electron chi connectivity index (χ3n) is 4.86. The average Bonchev–Trinajstić information content (AvgIpc) is 2.81. The van der Waals surface area contributed by atoms with Crippen molar-refractivity contribution in [3.8, 4) is 0 Å². The van der Waals surface area contributed by atoms with Crippen LogP contribution in [0.1, 0.15) is 25.8 Å². The smallest absolute Gasteiger partial charge is 0.286 e. The first-order valence-corrected chi connectivity index (χ1v) is 13.1. The van der Waals surface area contributed by atoms with Gasteiger partial charge in [0.15, 0.2) is 6.21 Å². The molecule has 0 saturated carbocycles. The summed E-state index contributed by atoms with van der Waals surface area (Å²) in [6.45, 7) is 3.81. The molecule has 0 saturated heterocycles. The molecule has 0 aromatic heterocycles. The summed E-state index contributed by atoms with van der Waals surface area (Å²) in [5.74, 6) is -0.444. The van der Waals surface area contributed by atoms with Gasteiger partial charge in [0.25, 0.3) is 30.4 Å². The van der Waals surface area contributed by atoms with Gasteiger partial charge in [-0.2, -0.15) is 25.3 Å². The Kier molecular flexibility index (Phi) is 5.37. The van der Waals surface area contributed by atoms with E-state index in [4.69, 9.17) is 4.55 Å². The van der Waals surface area contributed by atoms with Crippen LogP contribution < -0.4 is 0 Å². The Balaban J connectivity index is 2.27. The Labute approximate surface area is 174 Å². The number of hydrogen-bond donors (Lipinski definition) is 3. The van der Waals surface area contributed by atoms with Crippen LogP contribution in [0.25, 0.3) is 10.8 Å². The molecule has 1 aliphatic heterocycles. The molecule has 1 aliphatic rings. The Morgan fingerprint density at radius 1 is 0.900 bits per heavy atom. The van der Waals surface area contributed by atoms with E-state index < -0.39 is 51.3 Å². The first-order chi connectivity index (χ1) is 13.5. The first kappa shape index (κ1) is 22.8. The van der Waals surface area contributed by atoms with Crippen LogP contribution in [-0.4, -0.2) is 62.0 Å². The fourth-order valence-corrected chi connectivity index (χ4v) is 5.60. The largest absolute Gasteiger partial charge is 0.295 e. The topological polar surface area (TPSA) is 166 Å². The summed E-state index contributed by atoms with van der Waals surface area (Å²) in [5.41, 5.74) is 0.403. The zero-order valence-electron chi connectivity index (χ0n) is 16.0. The molecule has 0 atom stereocenters. The van der Waals surface area contributed by atoms with Crippen molar-refractivity contribution in [2.75, 3.05) is 12.3 Å². The lowest BCUT2D eigenvalue weighted by Crippen LogP contribution is -2.18. The minimum Gasteiger partial charge on any atom is -0.286 e. The second-order valence-electron chi connectivity index (χ2n) is 7.61. The van der Waals surface area contributed by atoms with Crippen LogP contribution in [0.3, 0.4) is 0 Å². The molecule has 0 fully saturated rings. The predicted octanol–water partition coefficient (Wildman–Crippen LogP) is 1.62. The van der Waals surface area contributed by atoms with Gasteiger partial charge >= 0.3 is 0 Å². The fraction of sp³-hybridized carbons (Fsp3) is 0.353. The molecule has 13 heteroatoms. The summed E-state index contributed by atoms with van der Waals surface area (Å²) in [4.78, 5) is -1.34. The Morgan fingerprint density at radius 2 is 1.53 bits per heavy atom. The van der Waals surface area contributed by atoms with E-state index in [0.29, 0.717) is 17.3 Å². The lowest BCUT2D eigenvalue weighted by Gasteiger charge is -2.16. The molecule has 0 bridgehead atoms. The van der Waals surface area contributed by atoms with Crippen LogP contribution in [0.5, 0.6) is 0 Å². The van der Waals surface area contributed by atoms with Crippen LogP contribution in [-0.2, 0) is 35.8 Å². The van der Waals surface area contributed by atoms with E-state index in [1.807, 2.05) is 0 Å². The molecule has 0 amide bonds. The highest BCUT2D eigenvalue weighted by Gasteiger charge is 2.39. The lowest BCUT2D eigenvalue weighted by molar-refractivity contribution is -0.433. The van der Waals surface area contributed by atoms with E-state index in [1.54, 1.807) is 30.7 Å². The van der Waals surface area contributed by atoms with Gasteiger partial charge in [-0.25, -0.2) is 4.58 Å². The van der Waals surface area contributed by atoms with Gasteiger partial charge in [0.2, 0.25) is 5.69 Å². The highest BCUT2D eigenvalue weighted by molar-refractivity contribution is 7.87. The molecule has 0 spiro atoms. The molecule has 3 rings (SSSR count). The lowest BCUT2D eigenvalue weighted by atomic mass is 9.84. The summed E-state index contributed by atoms with van der Waals surface area (Å²) in [5, 5.41) is 0.277. The summed E-state index contributed by atoms with van der Waals surface area (Å²) >= 11 is 0. The highest BCUT2D eigenvalue weighted by atomic mass is 32.2. The molecular weight excluding hydrogens is 458 g/mol. The minimum atomic E-state index is -4.80. The number of rotatable bonds is 6. The van der Waals surface area contributed by atoms with Crippen molar-refractivity contribution in [3.63, 3.8) is 0 Å². The summed E-state index contributed by atoms with van der Waals surface area (Å²) in [7, 11) is -13.7. The molecule has 2 aromatic rings. The van der Waals surface area contributed by atoms with E-state index in [9.17, 15) is 34.4 Å². The number of benzene rings is 2. The molecule has 0 unspecified atom stereocenters. The summed E-state index contributed by atoms with van der Waals surface area (Å²) in [6.07, 6.45) is 1.89. The third kappa shape index (κ3) is 4.40. The molecule has 1 heterocycles. The van der Waals surface area contributed by atoms with Crippen molar-refractivity contribution in [1.29, 1.82) is 0 Å². The van der Waals surface area contributed by atoms with Gasteiger partial charge in [0.05, 0.1) is 16.1 Å². The first-order valence-electron chi connectivity index (χ1n) is 8.65. The van der Waals surface area contributed by atoms with E-state index in [1.165, 1.54) is 6.07 Å². The molecule has 2 aromatic carbocycles. The molecule has 10 nitrogen and oxygen atoms in total. The highest BCUT2D eigenvalue weighted by Crippen LogP contribution is 2.43. The van der Waals surface area contributed by atoms with Gasteiger partial charge in [-0.3, -0.25) is 13.7 Å². The average molecular weight is 479 g/mol. The van der Waals surface area contributed by atoms with Crippen LogP contribution >= 0.6 is 0 Å². The van der Waals surface area contributed by atoms with E-state index >= 15 is 0 Å². The van der Waals surface area contributed by atoms with Crippen LogP contribution in [0, 0.1) is 0 Å². The Hall–Kier alpha value is -1.90. The number of nitrogens with zero attached hydrogens (tertiary/aromatic N) is 1. The molecular formula is C17H20NO9S3+. The maximum atomic E-state index is 11.9. The summed E-state index contributed by atoms with van der Waals surface area (Å²) < 4.78 is 98.8. The molecule has 30 heavy (non-hydrogen) atoms. The second-order valence-corrected chi connectivity index (χ2v) is 12.0. The van der Waals surface area contributed by atoms with Gasteiger partial charge in [0.1, 0.15) is 11.4 Å². The van der Waals surface area contributed by atoms with Gasteiger partial charge in [-0.1, -0.05) is 0 Å². The van der Waals surface area contributed by atoms with Crippen LogP contribution in [0.4, 0.5) is 5.69 Å². The SMILES string of the molecule is CC1(C)C=[N+](CCCS(=O)(=O)O)c2ccc3c(S(=O)(=O)O)cc(S(=O)(=O)O)cc3c21. The predicted molar refractivity (Wildman–Crippen MR) is 108 cm³/mol. The Morgan fingerprint density at radius 3 is 2.07 bits per heavy atom. The number of hydrogen-bond acceptors (Lipinski definition) is 6. The van der Waals surface area contributed by atoms with Crippen molar-refractivity contribution in [2.45, 2.75) is 35.5 Å². The van der Waals surface area contributed by atoms with E-state index in [-0.39, 0.29) is 23.7 Å². The van der Waals surface area contributed by atoms with Gasteiger partial charge in [0, 0.05) is 23.4 Å². The van der Waals surface area contributed by atoms with Crippen molar-refractivity contribution < 1.29 is 43.5 Å². The molecule has 164 valence electrons. The van der Waals surface area contributed by atoms with Crippen molar-refractivity contribution in [1.82, 2.24) is 0 Å². The second kappa shape index (κ2) is 7.07. The van der Waals surface area contributed by atoms with Crippen LogP contribution in [0.15, 0.2) is 34.1 Å². The number of fused-ring (bicyclic) bond motifs is 3. The Bertz CT molecular complexity index is 1400. The maximum absolute atomic E-state index is 11.9. The fourth-order valence-electron chi connectivity index (χ4n) is 3.77. The van der Waals surface area contributed by atoms with Crippen molar-refractivity contribution in [2.24, 2.45) is 0 Å². The zero-order valence-corrected chi connectivity index (χ0v) is 18.4.